The second kappa shape index (κ2) is 4.95. The first-order chi connectivity index (χ1) is 6.13. The summed E-state index contributed by atoms with van der Waals surface area (Å²) in [6, 6.07) is 2.12. The van der Waals surface area contributed by atoms with Crippen LogP contribution in [0.15, 0.2) is 15.9 Å². The number of halogens is 1. The van der Waals surface area contributed by atoms with Crippen molar-refractivity contribution in [2.24, 2.45) is 11.5 Å². The van der Waals surface area contributed by atoms with Crippen molar-refractivity contribution in [2.75, 3.05) is 25.0 Å². The molecule has 1 atom stereocenters. The molecule has 5 heteroatoms. The fourth-order valence-corrected chi connectivity index (χ4v) is 2.42. The van der Waals surface area contributed by atoms with Gasteiger partial charge in [-0.25, -0.2) is 0 Å². The first-order valence-electron chi connectivity index (χ1n) is 4.04. The van der Waals surface area contributed by atoms with Crippen molar-refractivity contribution in [3.63, 3.8) is 0 Å². The Morgan fingerprint density at radius 3 is 2.85 bits per heavy atom. The number of nitrogens with two attached hydrogens (primary N) is 2. The predicted molar refractivity (Wildman–Crippen MR) is 62.3 cm³/mol. The van der Waals surface area contributed by atoms with Gasteiger partial charge in [-0.1, -0.05) is 0 Å². The lowest BCUT2D eigenvalue weighted by atomic mass is 10.3. The Kier molecular flexibility index (Phi) is 4.18. The Bertz CT molecular complexity index is 264. The van der Waals surface area contributed by atoms with E-state index in [1.165, 1.54) is 5.00 Å². The van der Waals surface area contributed by atoms with Gasteiger partial charge < -0.3 is 16.4 Å². The molecule has 0 bridgehead atoms. The van der Waals surface area contributed by atoms with E-state index in [1.807, 2.05) is 7.05 Å². The lowest BCUT2D eigenvalue weighted by Crippen LogP contribution is -2.40. The molecular weight excluding hydrogens is 250 g/mol. The monoisotopic (exact) mass is 263 g/mol. The third-order valence-corrected chi connectivity index (χ3v) is 3.54. The molecule has 4 N–H and O–H groups in total. The maximum absolute atomic E-state index is 5.74. The van der Waals surface area contributed by atoms with Crippen LogP contribution in [0.1, 0.15) is 0 Å². The van der Waals surface area contributed by atoms with Gasteiger partial charge in [0.1, 0.15) is 0 Å². The highest BCUT2D eigenvalue weighted by molar-refractivity contribution is 9.10. The van der Waals surface area contributed by atoms with E-state index >= 15 is 0 Å². The zero-order valence-corrected chi connectivity index (χ0v) is 9.94. The second-order valence-electron chi connectivity index (χ2n) is 2.98. The van der Waals surface area contributed by atoms with Gasteiger partial charge in [0.15, 0.2) is 0 Å². The molecule has 0 spiro atoms. The van der Waals surface area contributed by atoms with Gasteiger partial charge in [0, 0.05) is 36.0 Å². The smallest absolute Gasteiger partial charge is 0.0918 e. The minimum Gasteiger partial charge on any atom is -0.365 e. The van der Waals surface area contributed by atoms with Gasteiger partial charge >= 0.3 is 0 Å². The number of likely N-dealkylation sites (N-methyl/N-ethyl adjacent to an activating group) is 1. The molecule has 3 nitrogen and oxygen atoms in total. The molecule has 0 aliphatic carbocycles. The molecular formula is C8H14BrN3S. The molecule has 0 amide bonds. The molecule has 13 heavy (non-hydrogen) atoms. The number of hydrogen-bond donors (Lipinski definition) is 2. The molecule has 74 valence electrons. The molecule has 1 rings (SSSR count). The highest BCUT2D eigenvalue weighted by Crippen LogP contribution is 2.27. The first kappa shape index (κ1) is 11.0. The van der Waals surface area contributed by atoms with Crippen LogP contribution < -0.4 is 16.4 Å². The molecule has 1 unspecified atom stereocenters. The Labute approximate surface area is 90.8 Å². The minimum atomic E-state index is 0.0471. The maximum atomic E-state index is 5.74. The van der Waals surface area contributed by atoms with Crippen LogP contribution in [0.25, 0.3) is 0 Å². The van der Waals surface area contributed by atoms with Crippen molar-refractivity contribution >= 4 is 32.3 Å². The fourth-order valence-electron chi connectivity index (χ4n) is 1.02. The molecule has 0 radical (unpaired) electrons. The lowest BCUT2D eigenvalue weighted by Gasteiger charge is -2.20. The van der Waals surface area contributed by atoms with Crippen LogP contribution in [0.5, 0.6) is 0 Å². The Hall–Kier alpha value is -0.100. The number of nitrogens with zero attached hydrogens (tertiary/aromatic N) is 1. The highest BCUT2D eigenvalue weighted by atomic mass is 79.9. The third-order valence-electron chi connectivity index (χ3n) is 1.74. The molecule has 0 saturated heterocycles. The van der Waals surface area contributed by atoms with E-state index in [1.54, 1.807) is 11.3 Å². The van der Waals surface area contributed by atoms with Crippen LogP contribution in [0.3, 0.4) is 0 Å². The summed E-state index contributed by atoms with van der Waals surface area (Å²) in [5.74, 6) is 0. The summed E-state index contributed by atoms with van der Waals surface area (Å²) >= 11 is 5.10. The van der Waals surface area contributed by atoms with E-state index in [0.29, 0.717) is 6.54 Å². The van der Waals surface area contributed by atoms with Gasteiger partial charge in [-0.3, -0.25) is 0 Å². The average Bonchev–Trinajstić information content (AvgIpc) is 2.51. The van der Waals surface area contributed by atoms with Crippen LogP contribution in [-0.4, -0.2) is 26.2 Å². The Balaban J connectivity index is 2.53. The molecule has 0 aliphatic rings. The third kappa shape index (κ3) is 3.27. The second-order valence-corrected chi connectivity index (χ2v) is 4.78. The molecule has 1 aromatic heterocycles. The summed E-state index contributed by atoms with van der Waals surface area (Å²) in [6.07, 6.45) is 0. The van der Waals surface area contributed by atoms with Crippen molar-refractivity contribution in [1.29, 1.82) is 0 Å². The molecule has 0 aromatic carbocycles. The van der Waals surface area contributed by atoms with Crippen LogP contribution in [-0.2, 0) is 0 Å². The topological polar surface area (TPSA) is 55.3 Å². The van der Waals surface area contributed by atoms with Crippen LogP contribution in [0.2, 0.25) is 0 Å². The van der Waals surface area contributed by atoms with Crippen molar-refractivity contribution in [3.05, 3.63) is 15.9 Å². The van der Waals surface area contributed by atoms with E-state index < -0.39 is 0 Å². The lowest BCUT2D eigenvalue weighted by molar-refractivity contribution is 0.670. The largest absolute Gasteiger partial charge is 0.365 e. The van der Waals surface area contributed by atoms with E-state index in [0.717, 1.165) is 11.0 Å². The standard InChI is InChI=1S/C8H14BrN3S/c1-12(4-7(11)3-10)8-2-6(9)5-13-8/h2,5,7H,3-4,10-11H2,1H3. The predicted octanol–water partition coefficient (Wildman–Crippen LogP) is 1.23. The normalized spacial score (nSPS) is 12.9. The summed E-state index contributed by atoms with van der Waals surface area (Å²) in [4.78, 5) is 2.12. The van der Waals surface area contributed by atoms with Gasteiger partial charge in [0.05, 0.1) is 5.00 Å². The highest BCUT2D eigenvalue weighted by Gasteiger charge is 2.07. The fraction of sp³-hybridized carbons (Fsp3) is 0.500. The van der Waals surface area contributed by atoms with Crippen molar-refractivity contribution in [2.45, 2.75) is 6.04 Å². The van der Waals surface area contributed by atoms with Crippen LogP contribution in [0, 0.1) is 0 Å². The quantitative estimate of drug-likeness (QED) is 0.860. The molecule has 0 aliphatic heterocycles. The zero-order chi connectivity index (χ0) is 9.84. The molecule has 0 fully saturated rings. The summed E-state index contributed by atoms with van der Waals surface area (Å²) in [6.45, 7) is 1.32. The zero-order valence-electron chi connectivity index (χ0n) is 7.53. The van der Waals surface area contributed by atoms with Crippen molar-refractivity contribution in [3.8, 4) is 0 Å². The number of anilines is 1. The van der Waals surface area contributed by atoms with E-state index in [4.69, 9.17) is 11.5 Å². The van der Waals surface area contributed by atoms with E-state index in [2.05, 4.69) is 32.3 Å². The summed E-state index contributed by atoms with van der Waals surface area (Å²) < 4.78 is 1.11. The molecule has 1 heterocycles. The van der Waals surface area contributed by atoms with Crippen molar-refractivity contribution in [1.82, 2.24) is 0 Å². The van der Waals surface area contributed by atoms with E-state index in [9.17, 15) is 0 Å². The van der Waals surface area contributed by atoms with Gasteiger partial charge in [-0.2, -0.15) is 0 Å². The van der Waals surface area contributed by atoms with Gasteiger partial charge in [-0.15, -0.1) is 11.3 Å². The van der Waals surface area contributed by atoms with Gasteiger partial charge in [0.25, 0.3) is 0 Å². The molecule has 0 saturated carbocycles. The van der Waals surface area contributed by atoms with Gasteiger partial charge in [0.2, 0.25) is 0 Å². The van der Waals surface area contributed by atoms with Crippen LogP contribution >= 0.6 is 27.3 Å². The number of thiophene rings is 1. The SMILES string of the molecule is CN(CC(N)CN)c1cc(Br)cs1. The summed E-state index contributed by atoms with van der Waals surface area (Å²) in [7, 11) is 2.02. The summed E-state index contributed by atoms with van der Waals surface area (Å²) in [5.41, 5.74) is 11.2. The maximum Gasteiger partial charge on any atom is 0.0918 e. The number of hydrogen-bond acceptors (Lipinski definition) is 4. The number of rotatable bonds is 4. The Morgan fingerprint density at radius 1 is 1.69 bits per heavy atom. The minimum absolute atomic E-state index is 0.0471. The van der Waals surface area contributed by atoms with E-state index in [-0.39, 0.29) is 6.04 Å². The van der Waals surface area contributed by atoms with Gasteiger partial charge in [-0.05, 0) is 22.0 Å². The molecule has 1 aromatic rings. The van der Waals surface area contributed by atoms with Crippen LogP contribution in [0.4, 0.5) is 5.00 Å². The Morgan fingerprint density at radius 2 is 2.38 bits per heavy atom. The first-order valence-corrected chi connectivity index (χ1v) is 5.71. The van der Waals surface area contributed by atoms with Crippen molar-refractivity contribution < 1.29 is 0 Å². The average molecular weight is 264 g/mol. The summed E-state index contributed by atoms with van der Waals surface area (Å²) in [5, 5.41) is 3.26.